The van der Waals surface area contributed by atoms with Crippen molar-refractivity contribution in [1.29, 1.82) is 0 Å². The standard InChI is InChI=1S/C18H30N6O/c19-16-17(20-7-6-15-4-2-1-3-5-15)22-14-23-18(16)21-8-9-24-10-12-25-13-11-24/h4,14H,1-3,5-13,19H2,(H2,20,21,22,23). The zero-order valence-electron chi connectivity index (χ0n) is 15.0. The van der Waals surface area contributed by atoms with Crippen LogP contribution in [0.1, 0.15) is 32.1 Å². The van der Waals surface area contributed by atoms with Gasteiger partial charge in [-0.2, -0.15) is 0 Å². The number of morpholine rings is 1. The van der Waals surface area contributed by atoms with Crippen LogP contribution in [-0.2, 0) is 4.74 Å². The van der Waals surface area contributed by atoms with E-state index in [2.05, 4.69) is 31.6 Å². The van der Waals surface area contributed by atoms with E-state index >= 15 is 0 Å². The number of anilines is 3. The monoisotopic (exact) mass is 346 g/mol. The normalized spacial score (nSPS) is 18.6. The molecule has 2 aliphatic rings. The molecule has 0 aromatic carbocycles. The zero-order chi connectivity index (χ0) is 17.3. The van der Waals surface area contributed by atoms with Crippen molar-refractivity contribution in [2.45, 2.75) is 32.1 Å². The smallest absolute Gasteiger partial charge is 0.154 e. The minimum atomic E-state index is 0.599. The molecule has 1 saturated heterocycles. The number of hydrogen-bond donors (Lipinski definition) is 3. The van der Waals surface area contributed by atoms with Crippen LogP contribution in [0.25, 0.3) is 0 Å². The Bertz CT molecular complexity index is 571. The van der Waals surface area contributed by atoms with Crippen molar-refractivity contribution in [2.75, 3.05) is 62.3 Å². The molecule has 3 rings (SSSR count). The van der Waals surface area contributed by atoms with E-state index in [4.69, 9.17) is 10.5 Å². The summed E-state index contributed by atoms with van der Waals surface area (Å²) in [5, 5.41) is 6.69. The van der Waals surface area contributed by atoms with Crippen LogP contribution >= 0.6 is 0 Å². The van der Waals surface area contributed by atoms with Crippen molar-refractivity contribution in [1.82, 2.24) is 14.9 Å². The molecule has 0 saturated carbocycles. The number of rotatable bonds is 8. The second kappa shape index (κ2) is 9.58. The van der Waals surface area contributed by atoms with E-state index in [1.54, 1.807) is 11.9 Å². The lowest BCUT2D eigenvalue weighted by Crippen LogP contribution is -2.39. The lowest BCUT2D eigenvalue weighted by molar-refractivity contribution is 0.0398. The van der Waals surface area contributed by atoms with Gasteiger partial charge in [0.05, 0.1) is 13.2 Å². The van der Waals surface area contributed by atoms with Gasteiger partial charge in [-0.1, -0.05) is 11.6 Å². The summed E-state index contributed by atoms with van der Waals surface area (Å²) in [5.74, 6) is 1.43. The van der Waals surface area contributed by atoms with E-state index in [-0.39, 0.29) is 0 Å². The highest BCUT2D eigenvalue weighted by atomic mass is 16.5. The molecule has 1 aliphatic heterocycles. The molecule has 0 bridgehead atoms. The predicted molar refractivity (Wildman–Crippen MR) is 102 cm³/mol. The molecule has 7 nitrogen and oxygen atoms in total. The van der Waals surface area contributed by atoms with Crippen LogP contribution in [0.5, 0.6) is 0 Å². The highest BCUT2D eigenvalue weighted by molar-refractivity contribution is 5.73. The molecule has 0 radical (unpaired) electrons. The highest BCUT2D eigenvalue weighted by Crippen LogP contribution is 2.23. The third-order valence-corrected chi connectivity index (χ3v) is 4.83. The molecule has 7 heteroatoms. The molecular weight excluding hydrogens is 316 g/mol. The molecule has 2 heterocycles. The average Bonchev–Trinajstić information content (AvgIpc) is 2.66. The maximum absolute atomic E-state index is 6.22. The molecule has 4 N–H and O–H groups in total. The van der Waals surface area contributed by atoms with Gasteiger partial charge in [0.1, 0.15) is 12.0 Å². The SMILES string of the molecule is Nc1c(NCCC2=CCCCC2)ncnc1NCCN1CCOCC1. The summed E-state index contributed by atoms with van der Waals surface area (Å²) in [5.41, 5.74) is 8.37. The second-order valence-electron chi connectivity index (χ2n) is 6.65. The van der Waals surface area contributed by atoms with Crippen molar-refractivity contribution >= 4 is 17.3 Å². The molecular formula is C18H30N6O. The number of nitrogen functional groups attached to an aromatic ring is 1. The molecule has 1 fully saturated rings. The predicted octanol–water partition coefficient (Wildman–Crippen LogP) is 2.11. The summed E-state index contributed by atoms with van der Waals surface area (Å²) in [6.45, 7) is 6.25. The number of allylic oxidation sites excluding steroid dienone is 1. The van der Waals surface area contributed by atoms with Crippen LogP contribution < -0.4 is 16.4 Å². The fourth-order valence-corrected chi connectivity index (χ4v) is 3.31. The molecule has 0 amide bonds. The van der Waals surface area contributed by atoms with Crippen LogP contribution in [0.4, 0.5) is 17.3 Å². The van der Waals surface area contributed by atoms with E-state index in [0.717, 1.165) is 58.2 Å². The molecule has 0 spiro atoms. The molecule has 0 unspecified atom stereocenters. The van der Waals surface area contributed by atoms with Crippen LogP contribution in [0.3, 0.4) is 0 Å². The number of hydrogen-bond acceptors (Lipinski definition) is 7. The van der Waals surface area contributed by atoms with Gasteiger partial charge in [-0.3, -0.25) is 4.90 Å². The van der Waals surface area contributed by atoms with Gasteiger partial charge in [0.2, 0.25) is 0 Å². The zero-order valence-corrected chi connectivity index (χ0v) is 15.0. The fraction of sp³-hybridized carbons (Fsp3) is 0.667. The molecule has 1 aromatic heterocycles. The van der Waals surface area contributed by atoms with E-state index in [9.17, 15) is 0 Å². The molecule has 25 heavy (non-hydrogen) atoms. The Kier molecular flexibility index (Phi) is 6.88. The Morgan fingerprint density at radius 1 is 1.08 bits per heavy atom. The summed E-state index contributed by atoms with van der Waals surface area (Å²) < 4.78 is 5.37. The van der Waals surface area contributed by atoms with Gasteiger partial charge in [-0.05, 0) is 32.1 Å². The minimum Gasteiger partial charge on any atom is -0.393 e. The lowest BCUT2D eigenvalue weighted by Gasteiger charge is -2.26. The summed E-state index contributed by atoms with van der Waals surface area (Å²) in [7, 11) is 0. The van der Waals surface area contributed by atoms with Crippen LogP contribution in [0, 0.1) is 0 Å². The van der Waals surface area contributed by atoms with Gasteiger partial charge in [0.25, 0.3) is 0 Å². The van der Waals surface area contributed by atoms with Crippen LogP contribution in [-0.4, -0.2) is 60.8 Å². The fourth-order valence-electron chi connectivity index (χ4n) is 3.31. The quantitative estimate of drug-likeness (QED) is 0.621. The first-order valence-corrected chi connectivity index (χ1v) is 9.39. The highest BCUT2D eigenvalue weighted by Gasteiger charge is 2.11. The first kappa shape index (κ1) is 17.9. The second-order valence-corrected chi connectivity index (χ2v) is 6.65. The van der Waals surface area contributed by atoms with E-state index < -0.39 is 0 Å². The van der Waals surface area contributed by atoms with Crippen molar-refractivity contribution in [3.63, 3.8) is 0 Å². The molecule has 1 aliphatic carbocycles. The van der Waals surface area contributed by atoms with Gasteiger partial charge in [-0.15, -0.1) is 0 Å². The van der Waals surface area contributed by atoms with Gasteiger partial charge >= 0.3 is 0 Å². The van der Waals surface area contributed by atoms with Gasteiger partial charge < -0.3 is 21.1 Å². The van der Waals surface area contributed by atoms with Crippen molar-refractivity contribution < 1.29 is 4.74 Å². The van der Waals surface area contributed by atoms with Crippen molar-refractivity contribution in [3.05, 3.63) is 18.0 Å². The molecule has 1 aromatic rings. The van der Waals surface area contributed by atoms with Gasteiger partial charge in [0.15, 0.2) is 11.6 Å². The summed E-state index contributed by atoms with van der Waals surface area (Å²) in [4.78, 5) is 10.9. The Labute approximate surface area is 150 Å². The van der Waals surface area contributed by atoms with E-state index in [1.165, 1.54) is 25.7 Å². The van der Waals surface area contributed by atoms with Crippen LogP contribution in [0.2, 0.25) is 0 Å². The number of ether oxygens (including phenoxy) is 1. The van der Waals surface area contributed by atoms with Crippen molar-refractivity contribution in [2.24, 2.45) is 0 Å². The van der Waals surface area contributed by atoms with Crippen molar-refractivity contribution in [3.8, 4) is 0 Å². The maximum Gasteiger partial charge on any atom is 0.154 e. The minimum absolute atomic E-state index is 0.599. The number of aromatic nitrogens is 2. The number of nitrogens with zero attached hydrogens (tertiary/aromatic N) is 3. The Balaban J connectivity index is 1.44. The Hall–Kier alpha value is -1.86. The molecule has 0 atom stereocenters. The van der Waals surface area contributed by atoms with Crippen LogP contribution in [0.15, 0.2) is 18.0 Å². The Morgan fingerprint density at radius 2 is 1.84 bits per heavy atom. The summed E-state index contributed by atoms with van der Waals surface area (Å²) >= 11 is 0. The number of nitrogens with two attached hydrogens (primary N) is 1. The third-order valence-electron chi connectivity index (χ3n) is 4.83. The lowest BCUT2D eigenvalue weighted by atomic mass is 9.97. The summed E-state index contributed by atoms with van der Waals surface area (Å²) in [6.07, 6.45) is 10.1. The van der Waals surface area contributed by atoms with E-state index in [0.29, 0.717) is 11.5 Å². The first-order valence-electron chi connectivity index (χ1n) is 9.39. The maximum atomic E-state index is 6.22. The number of nitrogens with one attached hydrogen (secondary N) is 2. The molecule has 138 valence electrons. The Morgan fingerprint density at radius 3 is 2.56 bits per heavy atom. The largest absolute Gasteiger partial charge is 0.393 e. The van der Waals surface area contributed by atoms with Gasteiger partial charge in [-0.25, -0.2) is 9.97 Å². The third kappa shape index (κ3) is 5.57. The first-order chi connectivity index (χ1) is 12.3. The van der Waals surface area contributed by atoms with Gasteiger partial charge in [0, 0.05) is 32.7 Å². The summed E-state index contributed by atoms with van der Waals surface area (Å²) in [6, 6.07) is 0. The average molecular weight is 346 g/mol. The van der Waals surface area contributed by atoms with E-state index in [1.807, 2.05) is 0 Å². The topological polar surface area (TPSA) is 88.3 Å².